The van der Waals surface area contributed by atoms with E-state index in [2.05, 4.69) is 31.3 Å². The fourth-order valence-electron chi connectivity index (χ4n) is 2.23. The first-order valence-corrected chi connectivity index (χ1v) is 7.05. The Bertz CT molecular complexity index is 398. The molecular weight excluding hydrogens is 238 g/mol. The molecule has 1 aromatic rings. The lowest BCUT2D eigenvalue weighted by atomic mass is 9.95. The minimum atomic E-state index is 0.134. The van der Waals surface area contributed by atoms with Gasteiger partial charge < -0.3 is 14.8 Å². The maximum Gasteiger partial charge on any atom is 0.119 e. The molecule has 3 nitrogen and oxygen atoms in total. The number of hydrogen-bond donors (Lipinski definition) is 1. The van der Waals surface area contributed by atoms with Crippen molar-refractivity contribution in [1.29, 1.82) is 0 Å². The first kappa shape index (κ1) is 14.4. The van der Waals surface area contributed by atoms with Crippen molar-refractivity contribution in [1.82, 2.24) is 5.32 Å². The summed E-state index contributed by atoms with van der Waals surface area (Å²) in [6.07, 6.45) is 0.345. The molecule has 1 N–H and O–H groups in total. The van der Waals surface area contributed by atoms with E-state index in [1.54, 1.807) is 0 Å². The van der Waals surface area contributed by atoms with Crippen LogP contribution in [0.25, 0.3) is 0 Å². The van der Waals surface area contributed by atoms with Crippen molar-refractivity contribution in [2.45, 2.75) is 39.9 Å². The Morgan fingerprint density at radius 1 is 1.26 bits per heavy atom. The smallest absolute Gasteiger partial charge is 0.119 e. The van der Waals surface area contributed by atoms with Crippen molar-refractivity contribution < 1.29 is 9.47 Å². The van der Waals surface area contributed by atoms with Crippen LogP contribution in [0.3, 0.4) is 0 Å². The molecule has 0 radical (unpaired) electrons. The summed E-state index contributed by atoms with van der Waals surface area (Å²) in [5.41, 5.74) is 1.41. The average Bonchev–Trinajstić information content (AvgIpc) is 2.51. The monoisotopic (exact) mass is 263 g/mol. The lowest BCUT2D eigenvalue weighted by Gasteiger charge is -2.21. The van der Waals surface area contributed by atoms with Gasteiger partial charge in [-0.25, -0.2) is 0 Å². The summed E-state index contributed by atoms with van der Waals surface area (Å²) in [4.78, 5) is 0. The van der Waals surface area contributed by atoms with Gasteiger partial charge in [0, 0.05) is 18.5 Å². The molecule has 1 heterocycles. The fraction of sp³-hybridized carbons (Fsp3) is 0.625. The average molecular weight is 263 g/mol. The normalized spacial score (nSPS) is 23.1. The number of hydrogen-bond acceptors (Lipinski definition) is 3. The Hall–Kier alpha value is -1.06. The van der Waals surface area contributed by atoms with Gasteiger partial charge in [-0.05, 0) is 31.5 Å². The molecule has 0 aliphatic carbocycles. The van der Waals surface area contributed by atoms with Crippen LogP contribution in [0.4, 0.5) is 0 Å². The zero-order valence-electron chi connectivity index (χ0n) is 12.4. The molecule has 0 spiro atoms. The molecule has 19 heavy (non-hydrogen) atoms. The molecule has 1 aliphatic rings. The third-order valence-corrected chi connectivity index (χ3v) is 3.23. The van der Waals surface area contributed by atoms with Crippen molar-refractivity contribution >= 4 is 0 Å². The Morgan fingerprint density at radius 3 is 2.58 bits per heavy atom. The van der Waals surface area contributed by atoms with Crippen LogP contribution in [-0.4, -0.2) is 25.8 Å². The first-order valence-electron chi connectivity index (χ1n) is 7.05. The van der Waals surface area contributed by atoms with Crippen LogP contribution in [0.5, 0.6) is 5.75 Å². The van der Waals surface area contributed by atoms with Gasteiger partial charge in [0.05, 0.1) is 18.8 Å². The van der Waals surface area contributed by atoms with E-state index in [4.69, 9.17) is 9.47 Å². The maximum atomic E-state index is 6.02. The molecule has 1 atom stereocenters. The van der Waals surface area contributed by atoms with Gasteiger partial charge >= 0.3 is 0 Å². The van der Waals surface area contributed by atoms with E-state index in [9.17, 15) is 0 Å². The van der Waals surface area contributed by atoms with Crippen molar-refractivity contribution in [3.8, 4) is 5.75 Å². The van der Waals surface area contributed by atoms with Crippen molar-refractivity contribution in [3.63, 3.8) is 0 Å². The van der Waals surface area contributed by atoms with Crippen LogP contribution in [0.2, 0.25) is 0 Å². The molecule has 3 heteroatoms. The second-order valence-electron chi connectivity index (χ2n) is 6.33. The van der Waals surface area contributed by atoms with E-state index in [0.717, 1.165) is 25.4 Å². The van der Waals surface area contributed by atoms with Crippen LogP contribution in [0.15, 0.2) is 24.3 Å². The lowest BCUT2D eigenvalue weighted by molar-refractivity contribution is 0.0259. The van der Waals surface area contributed by atoms with Crippen LogP contribution >= 0.6 is 0 Å². The zero-order chi connectivity index (χ0) is 13.9. The minimum Gasteiger partial charge on any atom is -0.491 e. The molecule has 1 aliphatic heterocycles. The third-order valence-electron chi connectivity index (χ3n) is 3.23. The van der Waals surface area contributed by atoms with E-state index in [1.165, 1.54) is 5.56 Å². The molecule has 1 saturated heterocycles. The van der Waals surface area contributed by atoms with Gasteiger partial charge in [0.25, 0.3) is 0 Å². The van der Waals surface area contributed by atoms with Crippen molar-refractivity contribution in [2.24, 2.45) is 5.41 Å². The molecular formula is C16H25NO2. The summed E-state index contributed by atoms with van der Waals surface area (Å²) in [6.45, 7) is 11.2. The van der Waals surface area contributed by atoms with Crippen LogP contribution in [-0.2, 0) is 4.74 Å². The summed E-state index contributed by atoms with van der Waals surface area (Å²) in [6, 6.07) is 8.24. The van der Waals surface area contributed by atoms with E-state index >= 15 is 0 Å². The maximum absolute atomic E-state index is 6.02. The quantitative estimate of drug-likeness (QED) is 0.908. The lowest BCUT2D eigenvalue weighted by Crippen LogP contribution is -2.29. The molecule has 0 amide bonds. The first-order chi connectivity index (χ1) is 8.96. The topological polar surface area (TPSA) is 30.5 Å². The summed E-state index contributed by atoms with van der Waals surface area (Å²) >= 11 is 0. The SMILES string of the molecule is CC(C)Oc1ccc(C2CNCC(C)(C)CO2)cc1. The van der Waals surface area contributed by atoms with Gasteiger partial charge in [-0.1, -0.05) is 26.0 Å². The van der Waals surface area contributed by atoms with Gasteiger partial charge in [0.15, 0.2) is 0 Å². The largest absolute Gasteiger partial charge is 0.491 e. The minimum absolute atomic E-state index is 0.134. The summed E-state index contributed by atoms with van der Waals surface area (Å²) in [5.74, 6) is 0.917. The van der Waals surface area contributed by atoms with Gasteiger partial charge in [-0.15, -0.1) is 0 Å². The van der Waals surface area contributed by atoms with E-state index in [1.807, 2.05) is 26.0 Å². The standard InChI is InChI=1S/C16H25NO2/c1-12(2)19-14-7-5-13(6-8-14)15-9-17-10-16(3,4)11-18-15/h5-8,12,15,17H,9-11H2,1-4H3. The molecule has 1 aromatic carbocycles. The molecule has 0 aromatic heterocycles. The van der Waals surface area contributed by atoms with E-state index in [0.29, 0.717) is 0 Å². The number of nitrogens with one attached hydrogen (secondary N) is 1. The zero-order valence-corrected chi connectivity index (χ0v) is 12.4. The van der Waals surface area contributed by atoms with Crippen LogP contribution < -0.4 is 10.1 Å². The summed E-state index contributed by atoms with van der Waals surface area (Å²) in [5, 5.41) is 3.48. The Labute approximate surface area is 116 Å². The summed E-state index contributed by atoms with van der Waals surface area (Å²) < 4.78 is 11.7. The third kappa shape index (κ3) is 4.22. The van der Waals surface area contributed by atoms with Gasteiger partial charge in [-0.3, -0.25) is 0 Å². The molecule has 0 saturated carbocycles. The Kier molecular flexibility index (Phi) is 4.48. The molecule has 1 fully saturated rings. The second-order valence-corrected chi connectivity index (χ2v) is 6.33. The van der Waals surface area contributed by atoms with Gasteiger partial charge in [-0.2, -0.15) is 0 Å². The van der Waals surface area contributed by atoms with Crippen LogP contribution in [0, 0.1) is 5.41 Å². The van der Waals surface area contributed by atoms with Gasteiger partial charge in [0.2, 0.25) is 0 Å². The molecule has 106 valence electrons. The van der Waals surface area contributed by atoms with Crippen LogP contribution in [0.1, 0.15) is 39.4 Å². The number of rotatable bonds is 3. The fourth-order valence-corrected chi connectivity index (χ4v) is 2.23. The highest BCUT2D eigenvalue weighted by Crippen LogP contribution is 2.26. The van der Waals surface area contributed by atoms with Crippen molar-refractivity contribution in [2.75, 3.05) is 19.7 Å². The molecule has 0 bridgehead atoms. The predicted octanol–water partition coefficient (Wildman–Crippen LogP) is 3.16. The molecule has 1 unspecified atom stereocenters. The highest BCUT2D eigenvalue weighted by atomic mass is 16.5. The predicted molar refractivity (Wildman–Crippen MR) is 77.5 cm³/mol. The number of ether oxygens (including phenoxy) is 2. The van der Waals surface area contributed by atoms with E-state index in [-0.39, 0.29) is 17.6 Å². The highest BCUT2D eigenvalue weighted by molar-refractivity contribution is 5.29. The highest BCUT2D eigenvalue weighted by Gasteiger charge is 2.25. The second kappa shape index (κ2) is 5.93. The summed E-state index contributed by atoms with van der Waals surface area (Å²) in [7, 11) is 0. The Balaban J connectivity index is 2.01. The molecule has 2 rings (SSSR count). The number of benzene rings is 1. The van der Waals surface area contributed by atoms with E-state index < -0.39 is 0 Å². The Morgan fingerprint density at radius 2 is 1.95 bits per heavy atom. The van der Waals surface area contributed by atoms with Crippen molar-refractivity contribution in [3.05, 3.63) is 29.8 Å². The van der Waals surface area contributed by atoms with Gasteiger partial charge in [0.1, 0.15) is 5.75 Å².